The van der Waals surface area contributed by atoms with Crippen molar-refractivity contribution in [3.63, 3.8) is 0 Å². The molecule has 33 heavy (non-hydrogen) atoms. The fourth-order valence-corrected chi connectivity index (χ4v) is 4.31. The highest BCUT2D eigenvalue weighted by molar-refractivity contribution is 8.00. The summed E-state index contributed by atoms with van der Waals surface area (Å²) < 4.78 is 11.3. The fraction of sp³-hybridized carbons (Fsp3) is 0.926. The van der Waals surface area contributed by atoms with Crippen LogP contribution in [-0.2, 0) is 9.39 Å². The van der Waals surface area contributed by atoms with Crippen molar-refractivity contribution in [1.82, 2.24) is 5.23 Å². The Bertz CT molecular complexity index is 508. The molecular formula is C27H54BNO3S. The van der Waals surface area contributed by atoms with Crippen molar-refractivity contribution in [2.24, 2.45) is 0 Å². The number of aliphatic hydroxyl groups is 1. The SMILES string of the molecule is COBN[C@@H](COC(C)(C)C)[C@H](O)C#CCCCCCCCCCCCCCSC(C)(C)C. The molecule has 0 rings (SSSR count). The van der Waals surface area contributed by atoms with Gasteiger partial charge in [0.2, 0.25) is 0 Å². The van der Waals surface area contributed by atoms with Gasteiger partial charge in [-0.3, -0.25) is 0 Å². The third kappa shape index (κ3) is 24.7. The number of ether oxygens (including phenoxy) is 1. The molecule has 0 aromatic rings. The van der Waals surface area contributed by atoms with Gasteiger partial charge in [0.05, 0.1) is 18.2 Å². The van der Waals surface area contributed by atoms with E-state index in [0.717, 1.165) is 12.8 Å². The summed E-state index contributed by atoms with van der Waals surface area (Å²) in [6.07, 6.45) is 14.8. The molecule has 0 saturated carbocycles. The van der Waals surface area contributed by atoms with Crippen LogP contribution in [0, 0.1) is 11.8 Å². The van der Waals surface area contributed by atoms with Crippen LogP contribution in [0.25, 0.3) is 0 Å². The Balaban J connectivity index is 3.68. The van der Waals surface area contributed by atoms with Gasteiger partial charge < -0.3 is 19.7 Å². The fourth-order valence-electron chi connectivity index (χ4n) is 3.35. The number of nitrogens with one attached hydrogen (secondary N) is 1. The van der Waals surface area contributed by atoms with Crippen LogP contribution in [0.2, 0.25) is 0 Å². The van der Waals surface area contributed by atoms with Gasteiger partial charge in [0.1, 0.15) is 6.10 Å². The van der Waals surface area contributed by atoms with Crippen LogP contribution in [0.3, 0.4) is 0 Å². The second-order valence-corrected chi connectivity index (χ2v) is 13.0. The van der Waals surface area contributed by atoms with Crippen molar-refractivity contribution in [2.45, 2.75) is 141 Å². The molecule has 2 atom stereocenters. The predicted octanol–water partition coefficient (Wildman–Crippen LogP) is 6.25. The molecule has 0 radical (unpaired) electrons. The number of unbranched alkanes of at least 4 members (excludes halogenated alkanes) is 11. The largest absolute Gasteiger partial charge is 0.427 e. The first-order valence-corrected chi connectivity index (χ1v) is 14.2. The van der Waals surface area contributed by atoms with Crippen LogP contribution in [0.5, 0.6) is 0 Å². The molecule has 6 heteroatoms. The van der Waals surface area contributed by atoms with Crippen molar-refractivity contribution in [1.29, 1.82) is 0 Å². The molecule has 0 spiro atoms. The van der Waals surface area contributed by atoms with E-state index in [1.807, 2.05) is 20.8 Å². The van der Waals surface area contributed by atoms with Gasteiger partial charge in [-0.25, -0.2) is 0 Å². The summed E-state index contributed by atoms with van der Waals surface area (Å²) >= 11 is 2.09. The summed E-state index contributed by atoms with van der Waals surface area (Å²) in [7, 11) is 2.00. The van der Waals surface area contributed by atoms with E-state index < -0.39 is 6.10 Å². The van der Waals surface area contributed by atoms with Gasteiger partial charge in [-0.15, -0.1) is 5.92 Å². The average Bonchev–Trinajstić information content (AvgIpc) is 2.71. The second kappa shape index (κ2) is 20.1. The number of thioether (sulfide) groups is 1. The summed E-state index contributed by atoms with van der Waals surface area (Å²) in [4.78, 5) is 0. The van der Waals surface area contributed by atoms with Gasteiger partial charge in [0.15, 0.2) is 0 Å². The molecule has 0 unspecified atom stereocenters. The van der Waals surface area contributed by atoms with Crippen LogP contribution < -0.4 is 5.23 Å². The minimum Gasteiger partial charge on any atom is -0.427 e. The van der Waals surface area contributed by atoms with Crippen molar-refractivity contribution >= 4 is 19.4 Å². The van der Waals surface area contributed by atoms with Crippen molar-refractivity contribution < 1.29 is 14.5 Å². The van der Waals surface area contributed by atoms with Crippen LogP contribution in [0.1, 0.15) is 119 Å². The molecule has 194 valence electrons. The van der Waals surface area contributed by atoms with E-state index in [-0.39, 0.29) is 11.6 Å². The number of hydrogen-bond donors (Lipinski definition) is 2. The monoisotopic (exact) mass is 483 g/mol. The summed E-state index contributed by atoms with van der Waals surface area (Å²) in [5.74, 6) is 7.44. The summed E-state index contributed by atoms with van der Waals surface area (Å²) in [5.41, 5.74) is -0.245. The zero-order valence-electron chi connectivity index (χ0n) is 22.9. The highest BCUT2D eigenvalue weighted by atomic mass is 32.2. The zero-order chi connectivity index (χ0) is 25.0. The van der Waals surface area contributed by atoms with Crippen LogP contribution in [0.4, 0.5) is 0 Å². The minimum absolute atomic E-state index is 0.245. The molecule has 0 aliphatic heterocycles. The third-order valence-corrected chi connectivity index (χ3v) is 6.66. The van der Waals surface area contributed by atoms with Gasteiger partial charge in [-0.1, -0.05) is 84.5 Å². The van der Waals surface area contributed by atoms with Gasteiger partial charge in [-0.05, 0) is 39.4 Å². The molecule has 4 nitrogen and oxygen atoms in total. The molecule has 0 heterocycles. The Morgan fingerprint density at radius 1 is 0.848 bits per heavy atom. The lowest BCUT2D eigenvalue weighted by Crippen LogP contribution is -2.46. The Morgan fingerprint density at radius 2 is 1.36 bits per heavy atom. The summed E-state index contributed by atoms with van der Waals surface area (Å²) in [5, 5.41) is 13.5. The predicted molar refractivity (Wildman–Crippen MR) is 148 cm³/mol. The minimum atomic E-state index is -0.750. The lowest BCUT2D eigenvalue weighted by molar-refractivity contribution is -0.0247. The van der Waals surface area contributed by atoms with Gasteiger partial charge in [0, 0.05) is 18.3 Å². The van der Waals surface area contributed by atoms with Crippen LogP contribution >= 0.6 is 11.8 Å². The van der Waals surface area contributed by atoms with E-state index >= 15 is 0 Å². The van der Waals surface area contributed by atoms with Crippen molar-refractivity contribution in [3.8, 4) is 11.8 Å². The van der Waals surface area contributed by atoms with E-state index in [2.05, 4.69) is 49.6 Å². The van der Waals surface area contributed by atoms with E-state index in [0.29, 0.717) is 19.0 Å². The maximum absolute atomic E-state index is 10.4. The topological polar surface area (TPSA) is 50.7 Å². The molecule has 0 aliphatic carbocycles. The molecule has 0 bridgehead atoms. The Morgan fingerprint density at radius 3 is 1.85 bits per heavy atom. The van der Waals surface area contributed by atoms with Crippen molar-refractivity contribution in [2.75, 3.05) is 19.5 Å². The molecule has 2 N–H and O–H groups in total. The maximum atomic E-state index is 10.4. The Hall–Kier alpha value is -0.185. The smallest absolute Gasteiger partial charge is 0.360 e. The number of hydrogen-bond acceptors (Lipinski definition) is 5. The Labute approximate surface area is 211 Å². The first kappa shape index (κ1) is 32.8. The van der Waals surface area contributed by atoms with E-state index in [4.69, 9.17) is 9.39 Å². The third-order valence-electron chi connectivity index (χ3n) is 5.30. The van der Waals surface area contributed by atoms with Gasteiger partial charge >= 0.3 is 7.62 Å². The van der Waals surface area contributed by atoms with Crippen LogP contribution in [-0.4, -0.2) is 54.7 Å². The second-order valence-electron chi connectivity index (χ2n) is 11.0. The molecule has 0 aromatic carbocycles. The summed E-state index contributed by atoms with van der Waals surface area (Å²) in [6.45, 7) is 13.3. The van der Waals surface area contributed by atoms with E-state index in [1.54, 1.807) is 7.11 Å². The zero-order valence-corrected chi connectivity index (χ0v) is 23.7. The molecular weight excluding hydrogens is 429 g/mol. The quantitative estimate of drug-likeness (QED) is 0.129. The average molecular weight is 484 g/mol. The number of rotatable bonds is 19. The first-order valence-electron chi connectivity index (χ1n) is 13.2. The molecule has 0 amide bonds. The van der Waals surface area contributed by atoms with Gasteiger partial charge in [-0.2, -0.15) is 11.8 Å². The first-order chi connectivity index (χ1) is 15.5. The van der Waals surface area contributed by atoms with Crippen molar-refractivity contribution in [3.05, 3.63) is 0 Å². The van der Waals surface area contributed by atoms with Gasteiger partial charge in [0.25, 0.3) is 0 Å². The summed E-state index contributed by atoms with van der Waals surface area (Å²) in [6, 6.07) is -0.251. The highest BCUT2D eigenvalue weighted by Gasteiger charge is 2.20. The van der Waals surface area contributed by atoms with E-state index in [1.165, 1.54) is 70.0 Å². The van der Waals surface area contributed by atoms with E-state index in [9.17, 15) is 5.11 Å². The van der Waals surface area contributed by atoms with Crippen LogP contribution in [0.15, 0.2) is 0 Å². The molecule has 0 fully saturated rings. The molecule has 0 aromatic heterocycles. The molecule has 0 saturated heterocycles. The highest BCUT2D eigenvalue weighted by Crippen LogP contribution is 2.24. The molecule has 0 aliphatic rings. The normalized spacial score (nSPS) is 13.9. The maximum Gasteiger partial charge on any atom is 0.360 e. The number of aliphatic hydroxyl groups excluding tert-OH is 1. The lowest BCUT2D eigenvalue weighted by atomic mass is 10.0. The Kier molecular flexibility index (Phi) is 19.9. The lowest BCUT2D eigenvalue weighted by Gasteiger charge is -2.26. The standard InChI is InChI=1S/C27H54BNO3S/c1-26(2,3)32-23-24(29-28-31-7)25(30)21-19-17-15-13-11-9-8-10-12-14-16-18-20-22-33-27(4,5)6/h24-25,28-30H,8-18,20,22-23H2,1-7H3/t24-,25+/m0/s1.